The maximum atomic E-state index is 12.8. The number of nitrogens with zero attached hydrogens (tertiary/aromatic N) is 1. The summed E-state index contributed by atoms with van der Waals surface area (Å²) in [6.07, 6.45) is 2.73. The minimum atomic E-state index is -3.78. The van der Waals surface area contributed by atoms with Crippen molar-refractivity contribution in [2.45, 2.75) is 11.1 Å². The molecule has 0 atom stereocenters. The highest BCUT2D eigenvalue weighted by Crippen LogP contribution is 2.46. The largest absolute Gasteiger partial charge is 0.494 e. The van der Waals surface area contributed by atoms with Crippen LogP contribution in [0.15, 0.2) is 33.9 Å². The van der Waals surface area contributed by atoms with Gasteiger partial charge < -0.3 is 19.7 Å². The predicted octanol–water partition coefficient (Wildman–Crippen LogP) is 2.95. The van der Waals surface area contributed by atoms with Crippen LogP contribution in [0.25, 0.3) is 6.08 Å². The molecule has 2 heterocycles. The number of methoxy groups -OCH3 is 1. The van der Waals surface area contributed by atoms with Crippen LogP contribution in [0.4, 0.5) is 17.1 Å². The Labute approximate surface area is 167 Å². The van der Waals surface area contributed by atoms with Crippen molar-refractivity contribution in [1.82, 2.24) is 0 Å². The molecule has 10 heteroatoms. The van der Waals surface area contributed by atoms with Crippen LogP contribution < -0.4 is 19.7 Å². The Kier molecular flexibility index (Phi) is 5.80. The molecule has 1 aliphatic heterocycles. The Morgan fingerprint density at radius 3 is 2.89 bits per heavy atom. The topological polar surface area (TPSA) is 97.0 Å². The first kappa shape index (κ1) is 20.0. The zero-order valence-electron chi connectivity index (χ0n) is 15.7. The summed E-state index contributed by atoms with van der Waals surface area (Å²) in [5, 5.41) is 4.91. The highest BCUT2D eigenvalue weighted by atomic mass is 32.2. The van der Waals surface area contributed by atoms with Gasteiger partial charge in [0.2, 0.25) is 0 Å². The van der Waals surface area contributed by atoms with Crippen molar-refractivity contribution in [1.29, 1.82) is 0 Å². The maximum Gasteiger partial charge on any atom is 0.330 e. The van der Waals surface area contributed by atoms with Gasteiger partial charge in [0.1, 0.15) is 9.90 Å². The summed E-state index contributed by atoms with van der Waals surface area (Å²) in [5.41, 5.74) is 2.25. The number of ether oxygens (including phenoxy) is 2. The number of carbonyl (C=O) groups excluding carboxylic acids is 1. The third-order valence-corrected chi connectivity index (χ3v) is 6.85. The fourth-order valence-corrected chi connectivity index (χ4v) is 4.89. The van der Waals surface area contributed by atoms with Crippen molar-refractivity contribution in [3.8, 4) is 5.75 Å². The van der Waals surface area contributed by atoms with Crippen molar-refractivity contribution in [2.24, 2.45) is 0 Å². The zero-order valence-corrected chi connectivity index (χ0v) is 17.3. The normalized spacial score (nSPS) is 13.3. The highest BCUT2D eigenvalue weighted by molar-refractivity contribution is 7.94. The Morgan fingerprint density at radius 2 is 2.25 bits per heavy atom. The van der Waals surface area contributed by atoms with E-state index in [1.807, 2.05) is 11.9 Å². The van der Waals surface area contributed by atoms with Crippen molar-refractivity contribution in [2.75, 3.05) is 42.4 Å². The van der Waals surface area contributed by atoms with Gasteiger partial charge in [-0.1, -0.05) is 6.07 Å². The van der Waals surface area contributed by atoms with Crippen LogP contribution >= 0.6 is 11.3 Å². The van der Waals surface area contributed by atoms with E-state index in [0.29, 0.717) is 23.7 Å². The van der Waals surface area contributed by atoms with Crippen molar-refractivity contribution in [3.05, 3.63) is 35.2 Å². The molecule has 0 bridgehead atoms. The molecule has 3 rings (SSSR count). The number of sulfonamides is 1. The summed E-state index contributed by atoms with van der Waals surface area (Å²) in [6, 6.07) is 4.91. The lowest BCUT2D eigenvalue weighted by molar-refractivity contribution is -0.137. The SMILES string of the molecule is CCOC(=O)/C=C/c1c(NS(=O)(=O)c2cccs2)cc2c(c1OC)NCN2C. The number of nitrogens with one attached hydrogen (secondary N) is 2. The molecule has 0 fully saturated rings. The van der Waals surface area contributed by atoms with Gasteiger partial charge >= 0.3 is 5.97 Å². The molecule has 2 aromatic rings. The van der Waals surface area contributed by atoms with Crippen molar-refractivity contribution >= 4 is 50.5 Å². The molecule has 0 saturated carbocycles. The number of thiophene rings is 1. The molecule has 2 N–H and O–H groups in total. The Bertz CT molecular complexity index is 1000. The molecule has 1 aromatic carbocycles. The smallest absolute Gasteiger partial charge is 0.330 e. The number of hydrogen-bond acceptors (Lipinski definition) is 8. The number of fused-ring (bicyclic) bond motifs is 1. The fraction of sp³-hybridized carbons (Fsp3) is 0.278. The maximum absolute atomic E-state index is 12.8. The second-order valence-electron chi connectivity index (χ2n) is 5.92. The quantitative estimate of drug-likeness (QED) is 0.522. The molecule has 1 aliphatic rings. The van der Waals surface area contributed by atoms with Gasteiger partial charge in [0.15, 0.2) is 5.75 Å². The molecular weight excluding hydrogens is 402 g/mol. The minimum Gasteiger partial charge on any atom is -0.494 e. The standard InChI is InChI=1S/C18H21N3O5S2/c1-4-26-15(22)8-7-12-13(20-28(23,24)16-6-5-9-27-16)10-14-17(18(12)25-3)19-11-21(14)2/h5-10,19-20H,4,11H2,1-3H3/b8-7+. The van der Waals surface area contributed by atoms with E-state index in [-0.39, 0.29) is 10.8 Å². The van der Waals surface area contributed by atoms with Gasteiger partial charge in [0.25, 0.3) is 10.0 Å². The predicted molar refractivity (Wildman–Crippen MR) is 111 cm³/mol. The van der Waals surface area contributed by atoms with Crippen LogP contribution in [0.5, 0.6) is 5.75 Å². The Balaban J connectivity index is 2.11. The molecule has 0 aliphatic carbocycles. The molecule has 0 spiro atoms. The Hall–Kier alpha value is -2.72. The highest BCUT2D eigenvalue weighted by Gasteiger charge is 2.26. The lowest BCUT2D eigenvalue weighted by Gasteiger charge is -2.18. The number of hydrogen-bond donors (Lipinski definition) is 2. The van der Waals surface area contributed by atoms with E-state index in [2.05, 4.69) is 10.0 Å². The summed E-state index contributed by atoms with van der Waals surface area (Å²) in [5.74, 6) is -0.0894. The second-order valence-corrected chi connectivity index (χ2v) is 8.78. The fourth-order valence-electron chi connectivity index (χ4n) is 2.83. The third-order valence-electron chi connectivity index (χ3n) is 4.08. The molecular formula is C18H21N3O5S2. The molecule has 0 radical (unpaired) electrons. The monoisotopic (exact) mass is 423 g/mol. The Morgan fingerprint density at radius 1 is 1.46 bits per heavy atom. The van der Waals surface area contributed by atoms with E-state index in [1.165, 1.54) is 25.3 Å². The van der Waals surface area contributed by atoms with Gasteiger partial charge in [0.05, 0.1) is 31.8 Å². The molecule has 0 saturated heterocycles. The van der Waals surface area contributed by atoms with Crippen molar-refractivity contribution < 1.29 is 22.7 Å². The van der Waals surface area contributed by atoms with Crippen LogP contribution in [0.2, 0.25) is 0 Å². The number of carbonyl (C=O) groups is 1. The first-order valence-corrected chi connectivity index (χ1v) is 10.8. The van der Waals surface area contributed by atoms with E-state index in [4.69, 9.17) is 9.47 Å². The first-order valence-electron chi connectivity index (χ1n) is 8.48. The minimum absolute atomic E-state index is 0.193. The summed E-state index contributed by atoms with van der Waals surface area (Å²) in [4.78, 5) is 13.7. The van der Waals surface area contributed by atoms with Gasteiger partial charge in [-0.15, -0.1) is 11.3 Å². The molecule has 8 nitrogen and oxygen atoms in total. The molecule has 28 heavy (non-hydrogen) atoms. The van der Waals surface area contributed by atoms with E-state index in [9.17, 15) is 13.2 Å². The summed E-state index contributed by atoms with van der Waals surface area (Å²) in [7, 11) is -0.403. The van der Waals surface area contributed by atoms with E-state index in [1.54, 1.807) is 24.4 Å². The summed E-state index contributed by atoms with van der Waals surface area (Å²) >= 11 is 1.12. The molecule has 0 amide bonds. The summed E-state index contributed by atoms with van der Waals surface area (Å²) in [6.45, 7) is 2.50. The van der Waals surface area contributed by atoms with E-state index in [0.717, 1.165) is 22.7 Å². The number of esters is 1. The van der Waals surface area contributed by atoms with E-state index < -0.39 is 16.0 Å². The van der Waals surface area contributed by atoms with Gasteiger partial charge in [0, 0.05) is 18.7 Å². The van der Waals surface area contributed by atoms with Crippen LogP contribution in [0, 0.1) is 0 Å². The van der Waals surface area contributed by atoms with Crippen molar-refractivity contribution in [3.63, 3.8) is 0 Å². The number of benzene rings is 1. The zero-order chi connectivity index (χ0) is 20.3. The van der Waals surface area contributed by atoms with Crippen LogP contribution in [0.1, 0.15) is 12.5 Å². The molecule has 150 valence electrons. The second kappa shape index (κ2) is 8.11. The molecule has 1 aromatic heterocycles. The molecule has 0 unspecified atom stereocenters. The van der Waals surface area contributed by atoms with Crippen LogP contribution in [-0.4, -0.2) is 41.8 Å². The van der Waals surface area contributed by atoms with Gasteiger partial charge in [-0.3, -0.25) is 4.72 Å². The number of rotatable bonds is 7. The first-order chi connectivity index (χ1) is 13.4. The van der Waals surface area contributed by atoms with Gasteiger partial charge in [-0.05, 0) is 30.5 Å². The van der Waals surface area contributed by atoms with Gasteiger partial charge in [-0.25, -0.2) is 13.2 Å². The van der Waals surface area contributed by atoms with Crippen LogP contribution in [0.3, 0.4) is 0 Å². The van der Waals surface area contributed by atoms with Crippen LogP contribution in [-0.2, 0) is 19.6 Å². The van der Waals surface area contributed by atoms with E-state index >= 15 is 0 Å². The number of anilines is 3. The average Bonchev–Trinajstić information content (AvgIpc) is 3.31. The lowest BCUT2D eigenvalue weighted by atomic mass is 10.1. The summed E-state index contributed by atoms with van der Waals surface area (Å²) < 4.78 is 38.8. The lowest BCUT2D eigenvalue weighted by Crippen LogP contribution is -2.16. The third kappa shape index (κ3) is 3.92. The van der Waals surface area contributed by atoms with Gasteiger partial charge in [-0.2, -0.15) is 0 Å². The average molecular weight is 424 g/mol.